The molecule has 24 heavy (non-hydrogen) atoms. The summed E-state index contributed by atoms with van der Waals surface area (Å²) in [4.78, 5) is 20.4. The number of aromatic nitrogens is 1. The molecule has 0 unspecified atom stereocenters. The maximum atomic E-state index is 13.0. The average Bonchev–Trinajstić information content (AvgIpc) is 3.31. The van der Waals surface area contributed by atoms with E-state index in [1.807, 2.05) is 35.4 Å². The highest BCUT2D eigenvalue weighted by molar-refractivity contribution is 7.98. The van der Waals surface area contributed by atoms with Crippen LogP contribution in [-0.2, 0) is 13.0 Å². The molecule has 3 heterocycles. The normalized spacial score (nSPS) is 10.7. The number of thioether (sulfide) groups is 1. The van der Waals surface area contributed by atoms with E-state index in [-0.39, 0.29) is 5.91 Å². The summed E-state index contributed by atoms with van der Waals surface area (Å²) in [5.41, 5.74) is 0.641. The highest BCUT2D eigenvalue weighted by Gasteiger charge is 2.20. The van der Waals surface area contributed by atoms with E-state index in [1.165, 1.54) is 16.6 Å². The second-order valence-electron chi connectivity index (χ2n) is 5.20. The third kappa shape index (κ3) is 4.07. The maximum absolute atomic E-state index is 13.0. The van der Waals surface area contributed by atoms with Crippen LogP contribution in [0.15, 0.2) is 63.7 Å². The van der Waals surface area contributed by atoms with Crippen molar-refractivity contribution in [3.63, 3.8) is 0 Å². The van der Waals surface area contributed by atoms with Crippen LogP contribution >= 0.6 is 23.1 Å². The molecule has 0 fully saturated rings. The van der Waals surface area contributed by atoms with E-state index in [1.54, 1.807) is 29.9 Å². The fraction of sp³-hybridized carbons (Fsp3) is 0.222. The Morgan fingerprint density at radius 2 is 2.21 bits per heavy atom. The number of rotatable bonds is 7. The van der Waals surface area contributed by atoms with Crippen molar-refractivity contribution < 1.29 is 9.21 Å². The molecule has 0 aromatic carbocycles. The smallest absolute Gasteiger partial charge is 0.257 e. The van der Waals surface area contributed by atoms with Crippen LogP contribution in [0.5, 0.6) is 0 Å². The van der Waals surface area contributed by atoms with Crippen molar-refractivity contribution in [1.82, 2.24) is 9.88 Å². The number of carbonyl (C=O) groups excluding carboxylic acids is 1. The van der Waals surface area contributed by atoms with Crippen molar-refractivity contribution in [2.45, 2.75) is 18.0 Å². The zero-order valence-corrected chi connectivity index (χ0v) is 15.0. The van der Waals surface area contributed by atoms with E-state index in [0.29, 0.717) is 18.7 Å². The van der Waals surface area contributed by atoms with Crippen LogP contribution in [0.1, 0.15) is 21.0 Å². The van der Waals surface area contributed by atoms with E-state index >= 15 is 0 Å². The number of carbonyl (C=O) groups is 1. The van der Waals surface area contributed by atoms with Gasteiger partial charge >= 0.3 is 0 Å². The van der Waals surface area contributed by atoms with Crippen molar-refractivity contribution in [2.75, 3.05) is 12.8 Å². The van der Waals surface area contributed by atoms with Gasteiger partial charge in [-0.3, -0.25) is 4.79 Å². The Bertz CT molecular complexity index is 770. The fourth-order valence-corrected chi connectivity index (χ4v) is 3.67. The second kappa shape index (κ2) is 8.17. The first-order chi connectivity index (χ1) is 11.8. The predicted molar refractivity (Wildman–Crippen MR) is 97.5 cm³/mol. The van der Waals surface area contributed by atoms with Crippen LogP contribution in [0.2, 0.25) is 0 Å². The summed E-state index contributed by atoms with van der Waals surface area (Å²) in [6, 6.07) is 11.5. The highest BCUT2D eigenvalue weighted by atomic mass is 32.2. The number of hydrogen-bond donors (Lipinski definition) is 0. The molecular weight excluding hydrogens is 340 g/mol. The molecule has 4 nitrogen and oxygen atoms in total. The molecule has 0 saturated heterocycles. The molecule has 3 aromatic heterocycles. The lowest BCUT2D eigenvalue weighted by atomic mass is 10.2. The van der Waals surface area contributed by atoms with Crippen molar-refractivity contribution in [3.05, 3.63) is 70.4 Å². The van der Waals surface area contributed by atoms with E-state index in [4.69, 9.17) is 4.42 Å². The molecule has 6 heteroatoms. The minimum absolute atomic E-state index is 0.0135. The average molecular weight is 358 g/mol. The van der Waals surface area contributed by atoms with Gasteiger partial charge in [-0.1, -0.05) is 6.07 Å². The van der Waals surface area contributed by atoms with Crippen molar-refractivity contribution in [1.29, 1.82) is 0 Å². The summed E-state index contributed by atoms with van der Waals surface area (Å²) in [6.07, 6.45) is 6.11. The van der Waals surface area contributed by atoms with Crippen LogP contribution in [-0.4, -0.2) is 28.6 Å². The summed E-state index contributed by atoms with van der Waals surface area (Å²) in [6.45, 7) is 1.10. The molecule has 124 valence electrons. The number of pyridine rings is 1. The first-order valence-corrected chi connectivity index (χ1v) is 9.71. The van der Waals surface area contributed by atoms with Gasteiger partial charge in [0.2, 0.25) is 0 Å². The highest BCUT2D eigenvalue weighted by Crippen LogP contribution is 2.20. The third-order valence-corrected chi connectivity index (χ3v) is 5.27. The van der Waals surface area contributed by atoms with Gasteiger partial charge in [-0.25, -0.2) is 4.98 Å². The standard InChI is InChI=1S/C18H18N2O2S2/c1-23-17-16(7-2-9-19-17)18(21)20(13-14-5-3-11-22-14)10-8-15-6-4-12-24-15/h2-7,9,11-12H,8,10,13H2,1H3. The van der Waals surface area contributed by atoms with Gasteiger partial charge in [0.05, 0.1) is 18.4 Å². The molecule has 0 spiro atoms. The Balaban J connectivity index is 1.80. The Morgan fingerprint density at radius 1 is 1.29 bits per heavy atom. The van der Waals surface area contributed by atoms with Gasteiger partial charge in [-0.15, -0.1) is 23.1 Å². The van der Waals surface area contributed by atoms with Gasteiger partial charge in [0.1, 0.15) is 10.8 Å². The largest absolute Gasteiger partial charge is 0.467 e. The number of amides is 1. The number of thiophene rings is 1. The lowest BCUT2D eigenvalue weighted by Crippen LogP contribution is -2.32. The lowest BCUT2D eigenvalue weighted by molar-refractivity contribution is 0.0729. The van der Waals surface area contributed by atoms with Crippen LogP contribution < -0.4 is 0 Å². The van der Waals surface area contributed by atoms with Gasteiger partial charge in [0.15, 0.2) is 0 Å². The van der Waals surface area contributed by atoms with Crippen molar-refractivity contribution in [3.8, 4) is 0 Å². The molecule has 3 aromatic rings. The van der Waals surface area contributed by atoms with E-state index in [2.05, 4.69) is 16.4 Å². The Hall–Kier alpha value is -2.05. The molecule has 0 N–H and O–H groups in total. The first kappa shape index (κ1) is 16.8. The lowest BCUT2D eigenvalue weighted by Gasteiger charge is -2.22. The van der Waals surface area contributed by atoms with E-state index in [9.17, 15) is 4.79 Å². The molecule has 0 bridgehead atoms. The van der Waals surface area contributed by atoms with E-state index < -0.39 is 0 Å². The van der Waals surface area contributed by atoms with Crippen molar-refractivity contribution >= 4 is 29.0 Å². The summed E-state index contributed by atoms with van der Waals surface area (Å²) in [5, 5.41) is 2.81. The summed E-state index contributed by atoms with van der Waals surface area (Å²) < 4.78 is 5.43. The molecule has 3 rings (SSSR count). The SMILES string of the molecule is CSc1ncccc1C(=O)N(CCc1cccs1)Cc1ccco1. The van der Waals surface area contributed by atoms with Gasteiger partial charge in [0, 0.05) is 17.6 Å². The molecule has 0 aliphatic heterocycles. The second-order valence-corrected chi connectivity index (χ2v) is 7.02. The molecule has 0 aliphatic carbocycles. The minimum atomic E-state index is -0.0135. The van der Waals surface area contributed by atoms with Gasteiger partial charge in [-0.2, -0.15) is 0 Å². The van der Waals surface area contributed by atoms with Crippen LogP contribution in [0.4, 0.5) is 0 Å². The zero-order chi connectivity index (χ0) is 16.8. The van der Waals surface area contributed by atoms with E-state index in [0.717, 1.165) is 17.2 Å². The minimum Gasteiger partial charge on any atom is -0.467 e. The first-order valence-electron chi connectivity index (χ1n) is 7.61. The summed E-state index contributed by atoms with van der Waals surface area (Å²) in [5.74, 6) is 0.768. The molecular formula is C18H18N2O2S2. The third-order valence-electron chi connectivity index (χ3n) is 3.62. The Kier molecular flexibility index (Phi) is 5.72. The van der Waals surface area contributed by atoms with Gasteiger partial charge < -0.3 is 9.32 Å². The number of hydrogen-bond acceptors (Lipinski definition) is 5. The van der Waals surface area contributed by atoms with Crippen LogP contribution in [0, 0.1) is 0 Å². The molecule has 0 atom stereocenters. The molecule has 1 amide bonds. The summed E-state index contributed by atoms with van der Waals surface area (Å²) >= 11 is 3.20. The fourth-order valence-electron chi connectivity index (χ4n) is 2.43. The van der Waals surface area contributed by atoms with Crippen LogP contribution in [0.3, 0.4) is 0 Å². The molecule has 0 radical (unpaired) electrons. The maximum Gasteiger partial charge on any atom is 0.257 e. The van der Waals surface area contributed by atoms with Crippen molar-refractivity contribution in [2.24, 2.45) is 0 Å². The molecule has 0 saturated carbocycles. The van der Waals surface area contributed by atoms with Gasteiger partial charge in [-0.05, 0) is 48.4 Å². The monoisotopic (exact) mass is 358 g/mol. The quantitative estimate of drug-likeness (QED) is 0.589. The predicted octanol–water partition coefficient (Wildman–Crippen LogP) is 4.34. The number of nitrogens with zero attached hydrogens (tertiary/aromatic N) is 2. The zero-order valence-electron chi connectivity index (χ0n) is 13.3. The summed E-state index contributed by atoms with van der Waals surface area (Å²) in [7, 11) is 0. The van der Waals surface area contributed by atoms with Gasteiger partial charge in [0.25, 0.3) is 5.91 Å². The topological polar surface area (TPSA) is 46.3 Å². The number of furan rings is 1. The Morgan fingerprint density at radius 3 is 2.92 bits per heavy atom. The molecule has 0 aliphatic rings. The Labute approximate surface area is 149 Å². The van der Waals surface area contributed by atoms with Crippen LogP contribution in [0.25, 0.3) is 0 Å².